The lowest BCUT2D eigenvalue weighted by Gasteiger charge is -2.22. The van der Waals surface area contributed by atoms with E-state index in [1.807, 2.05) is 0 Å². The van der Waals surface area contributed by atoms with Gasteiger partial charge in [0.25, 0.3) is 0 Å². The Balaban J connectivity index is 0.00000242. The minimum atomic E-state index is -3.69. The van der Waals surface area contributed by atoms with Gasteiger partial charge in [0, 0.05) is 32.1 Å². The second-order valence-electron chi connectivity index (χ2n) is 4.91. The number of likely N-dealkylation sites (N-methyl/N-ethyl adjacent to an activating group) is 1. The normalized spacial score (nSPS) is 18.3. The van der Waals surface area contributed by atoms with Crippen molar-refractivity contribution in [3.63, 3.8) is 0 Å². The highest BCUT2D eigenvalue weighted by Gasteiger charge is 2.34. The van der Waals surface area contributed by atoms with Gasteiger partial charge in [-0.05, 0) is 13.0 Å². The average Bonchev–Trinajstić information content (AvgIpc) is 3.14. The van der Waals surface area contributed by atoms with E-state index in [4.69, 9.17) is 4.42 Å². The van der Waals surface area contributed by atoms with Crippen LogP contribution in [-0.2, 0) is 21.2 Å². The maximum Gasteiger partial charge on any atom is 0.373 e. The second-order valence-corrected chi connectivity index (χ2v) is 6.88. The largest absolute Gasteiger partial charge is 0.463 e. The number of methoxy groups -OCH3 is 1. The molecule has 1 aliphatic rings. The number of hydrogen-bond donors (Lipinski definition) is 1. The molecule has 2 heterocycles. The van der Waals surface area contributed by atoms with E-state index in [0.29, 0.717) is 13.0 Å². The fourth-order valence-electron chi connectivity index (χ4n) is 2.38. The summed E-state index contributed by atoms with van der Waals surface area (Å²) in [6.07, 6.45) is 1.14. The first-order valence-corrected chi connectivity index (χ1v) is 8.25. The van der Waals surface area contributed by atoms with Gasteiger partial charge in [0.2, 0.25) is 15.8 Å². The van der Waals surface area contributed by atoms with Crippen molar-refractivity contribution in [3.8, 4) is 0 Å². The number of furan rings is 1. The predicted molar refractivity (Wildman–Crippen MR) is 82.9 cm³/mol. The van der Waals surface area contributed by atoms with Crippen LogP contribution in [0, 0.1) is 0 Å². The van der Waals surface area contributed by atoms with Gasteiger partial charge in [-0.3, -0.25) is 0 Å². The summed E-state index contributed by atoms with van der Waals surface area (Å²) in [6, 6.07) is 1.16. The van der Waals surface area contributed by atoms with Crippen LogP contribution in [0.4, 0.5) is 0 Å². The van der Waals surface area contributed by atoms with Gasteiger partial charge < -0.3 is 14.5 Å². The van der Waals surface area contributed by atoms with Crippen molar-refractivity contribution in [2.75, 3.05) is 27.2 Å². The van der Waals surface area contributed by atoms with Crippen molar-refractivity contribution in [2.24, 2.45) is 0 Å². The smallest absolute Gasteiger partial charge is 0.373 e. The molecule has 0 radical (unpaired) electrons. The summed E-state index contributed by atoms with van der Waals surface area (Å²) in [5.74, 6) is -0.504. The number of carbonyl (C=O) groups is 1. The van der Waals surface area contributed by atoms with Crippen LogP contribution in [0.3, 0.4) is 0 Å². The molecule has 22 heavy (non-hydrogen) atoms. The summed E-state index contributed by atoms with van der Waals surface area (Å²) < 4.78 is 36.7. The summed E-state index contributed by atoms with van der Waals surface area (Å²) in [5, 5.41) is 3.13. The maximum absolute atomic E-state index is 12.7. The lowest BCUT2D eigenvalue weighted by Crippen LogP contribution is -2.38. The van der Waals surface area contributed by atoms with Crippen LogP contribution in [0.25, 0.3) is 0 Å². The molecule has 9 heteroatoms. The molecular weight excluding hydrogens is 332 g/mol. The number of nitrogens with one attached hydrogen (secondary N) is 1. The molecule has 0 bridgehead atoms. The summed E-state index contributed by atoms with van der Waals surface area (Å²) in [7, 11) is -0.918. The van der Waals surface area contributed by atoms with E-state index in [1.165, 1.54) is 17.5 Å². The van der Waals surface area contributed by atoms with E-state index in [9.17, 15) is 13.2 Å². The molecule has 1 saturated heterocycles. The maximum atomic E-state index is 12.7. The highest BCUT2D eigenvalue weighted by atomic mass is 35.5. The molecule has 1 unspecified atom stereocenters. The molecule has 1 N–H and O–H groups in total. The molecule has 2 rings (SSSR count). The lowest BCUT2D eigenvalue weighted by atomic mass is 10.3. The van der Waals surface area contributed by atoms with Crippen LogP contribution in [0.5, 0.6) is 0 Å². The van der Waals surface area contributed by atoms with Gasteiger partial charge in [0.1, 0.15) is 10.7 Å². The molecule has 0 aromatic carbocycles. The van der Waals surface area contributed by atoms with E-state index in [2.05, 4.69) is 10.1 Å². The highest BCUT2D eigenvalue weighted by Crippen LogP contribution is 2.26. The van der Waals surface area contributed by atoms with Crippen LogP contribution >= 0.6 is 12.4 Å². The number of rotatable bonds is 5. The number of hydrogen-bond acceptors (Lipinski definition) is 6. The van der Waals surface area contributed by atoms with E-state index in [1.54, 1.807) is 14.0 Å². The number of esters is 1. The fraction of sp³-hybridized carbons (Fsp3) is 0.615. The Hall–Kier alpha value is -1.09. The molecule has 1 aliphatic heterocycles. The van der Waals surface area contributed by atoms with Crippen LogP contribution in [0.15, 0.2) is 15.4 Å². The number of sulfonamides is 1. The Morgan fingerprint density at radius 1 is 1.55 bits per heavy atom. The zero-order chi connectivity index (χ0) is 15.6. The van der Waals surface area contributed by atoms with Gasteiger partial charge >= 0.3 is 5.97 Å². The highest BCUT2D eigenvalue weighted by molar-refractivity contribution is 7.89. The van der Waals surface area contributed by atoms with Gasteiger partial charge in [0.15, 0.2) is 0 Å². The van der Waals surface area contributed by atoms with Gasteiger partial charge in [-0.1, -0.05) is 6.92 Å². The number of halogens is 1. The Bertz CT molecular complexity index is 622. The number of carbonyl (C=O) groups excluding carboxylic acids is 1. The monoisotopic (exact) mass is 352 g/mol. The average molecular weight is 353 g/mol. The zero-order valence-corrected chi connectivity index (χ0v) is 14.4. The first-order valence-electron chi connectivity index (χ1n) is 6.81. The van der Waals surface area contributed by atoms with E-state index in [-0.39, 0.29) is 34.9 Å². The minimum Gasteiger partial charge on any atom is -0.463 e. The minimum absolute atomic E-state index is 0. The van der Waals surface area contributed by atoms with E-state index < -0.39 is 16.0 Å². The van der Waals surface area contributed by atoms with Gasteiger partial charge in [-0.25, -0.2) is 13.2 Å². The summed E-state index contributed by atoms with van der Waals surface area (Å²) in [5.41, 5.74) is 0. The van der Waals surface area contributed by atoms with E-state index in [0.717, 1.165) is 13.0 Å². The van der Waals surface area contributed by atoms with Crippen molar-refractivity contribution in [2.45, 2.75) is 30.7 Å². The molecule has 0 aliphatic carbocycles. The lowest BCUT2D eigenvalue weighted by molar-refractivity contribution is 0.0563. The molecule has 1 aromatic rings. The molecule has 1 aromatic heterocycles. The molecule has 0 spiro atoms. The van der Waals surface area contributed by atoms with Crippen molar-refractivity contribution >= 4 is 28.4 Å². The predicted octanol–water partition coefficient (Wildman–Crippen LogP) is 1.03. The molecule has 0 amide bonds. The third kappa shape index (κ3) is 3.45. The van der Waals surface area contributed by atoms with Gasteiger partial charge in [-0.15, -0.1) is 12.4 Å². The fourth-order valence-corrected chi connectivity index (χ4v) is 3.99. The first kappa shape index (κ1) is 19.0. The Morgan fingerprint density at radius 2 is 2.23 bits per heavy atom. The van der Waals surface area contributed by atoms with Crippen molar-refractivity contribution in [1.82, 2.24) is 9.62 Å². The molecule has 1 atom stereocenters. The first-order chi connectivity index (χ1) is 9.91. The SMILES string of the molecule is CCc1oc(C(=O)OC)cc1S(=O)(=O)N(C)C1CCNC1.Cl. The molecule has 1 fully saturated rings. The van der Waals surface area contributed by atoms with Crippen molar-refractivity contribution < 1.29 is 22.4 Å². The van der Waals surface area contributed by atoms with Gasteiger partial charge in [0.05, 0.1) is 7.11 Å². The summed E-state index contributed by atoms with van der Waals surface area (Å²) in [4.78, 5) is 11.6. The number of ether oxygens (including phenoxy) is 1. The summed E-state index contributed by atoms with van der Waals surface area (Å²) >= 11 is 0. The van der Waals surface area contributed by atoms with E-state index >= 15 is 0 Å². The molecule has 7 nitrogen and oxygen atoms in total. The Morgan fingerprint density at radius 3 is 2.73 bits per heavy atom. The van der Waals surface area contributed by atoms with Crippen LogP contribution in [0.1, 0.15) is 29.7 Å². The van der Waals surface area contributed by atoms with Gasteiger partial charge in [-0.2, -0.15) is 4.31 Å². The Kier molecular flexibility index (Phi) is 6.42. The van der Waals surface area contributed by atoms with Crippen LogP contribution < -0.4 is 5.32 Å². The van der Waals surface area contributed by atoms with Crippen molar-refractivity contribution in [3.05, 3.63) is 17.6 Å². The zero-order valence-electron chi connectivity index (χ0n) is 12.8. The van der Waals surface area contributed by atoms with Crippen LogP contribution in [-0.4, -0.2) is 52.0 Å². The molecule has 126 valence electrons. The topological polar surface area (TPSA) is 88.8 Å². The number of nitrogens with zero attached hydrogens (tertiary/aromatic N) is 1. The van der Waals surface area contributed by atoms with Crippen LogP contribution in [0.2, 0.25) is 0 Å². The van der Waals surface area contributed by atoms with Crippen molar-refractivity contribution in [1.29, 1.82) is 0 Å². The standard InChI is InChI=1S/C13H20N2O5S.ClH/c1-4-10-12(7-11(20-10)13(16)19-3)21(17,18)15(2)9-5-6-14-8-9;/h7,9,14H,4-6,8H2,1-3H3;1H. The third-order valence-electron chi connectivity index (χ3n) is 3.68. The molecular formula is C13H21ClN2O5S. The Labute approximate surface area is 136 Å². The summed E-state index contributed by atoms with van der Waals surface area (Å²) in [6.45, 7) is 3.19. The second kappa shape index (κ2) is 7.45. The molecule has 0 saturated carbocycles. The third-order valence-corrected chi connectivity index (χ3v) is 5.64. The number of aryl methyl sites for hydroxylation is 1. The quantitative estimate of drug-likeness (QED) is 0.796.